The number of benzene rings is 2. The van der Waals surface area contributed by atoms with Crippen LogP contribution in [0.4, 0.5) is 5.69 Å². The summed E-state index contributed by atoms with van der Waals surface area (Å²) < 4.78 is 46.2. The van der Waals surface area contributed by atoms with Crippen LogP contribution in [0, 0.1) is 38.5 Å². The fourth-order valence-electron chi connectivity index (χ4n) is 6.07. The normalized spacial score (nSPS) is 19.2. The number of rotatable bonds is 15. The van der Waals surface area contributed by atoms with Crippen molar-refractivity contribution in [2.45, 2.75) is 139 Å². The molecule has 2 aromatic rings. The Labute approximate surface area is 261 Å². The topological polar surface area (TPSA) is 67.8 Å². The van der Waals surface area contributed by atoms with Crippen LogP contribution in [0.15, 0.2) is 18.1 Å². The summed E-state index contributed by atoms with van der Waals surface area (Å²) in [5.74, 6) is 1.96. The van der Waals surface area contributed by atoms with E-state index in [2.05, 4.69) is 39.9 Å². The standard InChI is InChI=1S/C37H57NO4/c1-24(2)13-10-14-25(3)15-11-16-26(4)17-12-21-37(9)22-20-32-29(7)35(27(5)28(6)36(32)42-37)41-34-23-31(38-30(8)39)18-19-33(34)40/h18-19,23-26,40H,10-17,20-22H2,1-9H3,(H,38,39)/t25-,26-,37-/m1/s1/i7D,18D,19D,23D. The van der Waals surface area contributed by atoms with Crippen molar-refractivity contribution in [1.82, 2.24) is 0 Å². The van der Waals surface area contributed by atoms with Gasteiger partial charge in [-0.05, 0) is 99.9 Å². The molecule has 0 saturated carbocycles. The van der Waals surface area contributed by atoms with E-state index in [1.807, 2.05) is 13.8 Å². The molecule has 5 nitrogen and oxygen atoms in total. The van der Waals surface area contributed by atoms with Gasteiger partial charge in [0.1, 0.15) is 17.1 Å². The van der Waals surface area contributed by atoms with Crippen LogP contribution in [-0.4, -0.2) is 16.6 Å². The number of amides is 1. The first-order valence-electron chi connectivity index (χ1n) is 18.2. The van der Waals surface area contributed by atoms with Crippen LogP contribution in [0.3, 0.4) is 0 Å². The molecule has 0 fully saturated rings. The first-order valence-corrected chi connectivity index (χ1v) is 16.0. The van der Waals surface area contributed by atoms with Gasteiger partial charge in [0.05, 0.1) is 4.11 Å². The summed E-state index contributed by atoms with van der Waals surface area (Å²) in [5, 5.41) is 13.1. The summed E-state index contributed by atoms with van der Waals surface area (Å²) in [6.07, 6.45) is 12.7. The minimum absolute atomic E-state index is 0.0936. The zero-order valence-corrected chi connectivity index (χ0v) is 27.4. The molecule has 0 bridgehead atoms. The average molecular weight is 584 g/mol. The van der Waals surface area contributed by atoms with Crippen molar-refractivity contribution in [2.75, 3.05) is 5.32 Å². The number of phenols is 1. The lowest BCUT2D eigenvalue weighted by molar-refractivity contribution is -0.114. The molecule has 2 N–H and O–H groups in total. The molecule has 3 rings (SSSR count). The molecule has 0 spiro atoms. The predicted molar refractivity (Wildman–Crippen MR) is 175 cm³/mol. The predicted octanol–water partition coefficient (Wildman–Crippen LogP) is 10.6. The zero-order valence-electron chi connectivity index (χ0n) is 31.4. The van der Waals surface area contributed by atoms with Gasteiger partial charge in [-0.25, -0.2) is 0 Å². The SMILES string of the molecule is [2H]Cc1c2c(c(C)c(C)c1Oc1c([2H])c(NC(C)=O)c([2H])c([2H])c1O)O[C@](C)(CCC[C@H](C)CCC[C@H](C)CCCC(C)C)CC2. The van der Waals surface area contributed by atoms with Gasteiger partial charge in [0.15, 0.2) is 11.5 Å². The highest BCUT2D eigenvalue weighted by atomic mass is 16.5. The van der Waals surface area contributed by atoms with Gasteiger partial charge in [-0.3, -0.25) is 4.79 Å². The van der Waals surface area contributed by atoms with E-state index in [0.29, 0.717) is 23.7 Å². The van der Waals surface area contributed by atoms with Gasteiger partial charge in [0, 0.05) is 25.6 Å². The van der Waals surface area contributed by atoms with E-state index in [9.17, 15) is 9.90 Å². The van der Waals surface area contributed by atoms with Crippen molar-refractivity contribution < 1.29 is 24.9 Å². The Morgan fingerprint density at radius 3 is 2.31 bits per heavy atom. The Morgan fingerprint density at radius 2 is 1.69 bits per heavy atom. The fraction of sp³-hybridized carbons (Fsp3) is 0.649. The molecule has 3 atom stereocenters. The second-order valence-corrected chi connectivity index (χ2v) is 13.5. The van der Waals surface area contributed by atoms with E-state index in [1.54, 1.807) is 0 Å². The number of hydrogen-bond acceptors (Lipinski definition) is 4. The van der Waals surface area contributed by atoms with Crippen LogP contribution in [0.25, 0.3) is 0 Å². The molecule has 0 aromatic heterocycles. The van der Waals surface area contributed by atoms with Crippen LogP contribution in [0.5, 0.6) is 23.0 Å². The number of phenolic OH excluding ortho intramolecular Hbond substituents is 1. The van der Waals surface area contributed by atoms with Gasteiger partial charge in [-0.15, -0.1) is 0 Å². The zero-order chi connectivity index (χ0) is 34.3. The fourth-order valence-corrected chi connectivity index (χ4v) is 6.07. The minimum atomic E-state index is -0.649. The summed E-state index contributed by atoms with van der Waals surface area (Å²) in [5.41, 5.74) is 2.61. The Bertz CT molecular complexity index is 1380. The second-order valence-electron chi connectivity index (χ2n) is 13.5. The van der Waals surface area contributed by atoms with Crippen LogP contribution in [0.2, 0.25) is 0 Å². The number of fused-ring (bicyclic) bond motifs is 1. The van der Waals surface area contributed by atoms with Crippen LogP contribution < -0.4 is 14.8 Å². The van der Waals surface area contributed by atoms with Gasteiger partial charge in [0.25, 0.3) is 0 Å². The van der Waals surface area contributed by atoms with Crippen molar-refractivity contribution in [3.05, 3.63) is 40.4 Å². The lowest BCUT2D eigenvalue weighted by atomic mass is 9.83. The number of carbonyl (C=O) groups excluding carboxylic acids is 1. The Morgan fingerprint density at radius 1 is 1.05 bits per heavy atom. The largest absolute Gasteiger partial charge is 0.504 e. The van der Waals surface area contributed by atoms with Crippen LogP contribution in [0.1, 0.15) is 133 Å². The molecule has 0 unspecified atom stereocenters. The summed E-state index contributed by atoms with van der Waals surface area (Å²) in [4.78, 5) is 11.7. The Hall–Kier alpha value is -2.69. The van der Waals surface area contributed by atoms with Crippen molar-refractivity contribution in [3.63, 3.8) is 0 Å². The monoisotopic (exact) mass is 583 g/mol. The molecule has 234 valence electrons. The molecular weight excluding hydrogens is 522 g/mol. The van der Waals surface area contributed by atoms with Crippen molar-refractivity contribution in [1.29, 1.82) is 0 Å². The van der Waals surface area contributed by atoms with Crippen LogP contribution >= 0.6 is 0 Å². The van der Waals surface area contributed by atoms with Crippen molar-refractivity contribution in [3.8, 4) is 23.0 Å². The molecule has 2 aromatic carbocycles. The number of aromatic hydroxyl groups is 1. The molecule has 0 aliphatic carbocycles. The molecular formula is C37H57NO4. The highest BCUT2D eigenvalue weighted by Crippen LogP contribution is 2.47. The lowest BCUT2D eigenvalue weighted by Gasteiger charge is -2.38. The van der Waals surface area contributed by atoms with E-state index >= 15 is 0 Å². The third-order valence-corrected chi connectivity index (χ3v) is 8.95. The number of carbonyl (C=O) groups is 1. The Kier molecular flexibility index (Phi) is 10.1. The summed E-state index contributed by atoms with van der Waals surface area (Å²) >= 11 is 0. The summed E-state index contributed by atoms with van der Waals surface area (Å²) in [7, 11) is 0. The molecule has 1 aliphatic heterocycles. The van der Waals surface area contributed by atoms with Gasteiger partial charge in [-0.2, -0.15) is 0 Å². The molecule has 42 heavy (non-hydrogen) atoms. The smallest absolute Gasteiger partial charge is 0.221 e. The molecule has 1 aliphatic rings. The van der Waals surface area contributed by atoms with Gasteiger partial charge >= 0.3 is 0 Å². The highest BCUT2D eigenvalue weighted by molar-refractivity contribution is 5.89. The first kappa shape index (κ1) is 28.1. The maximum atomic E-state index is 11.7. The first-order chi connectivity index (χ1) is 21.6. The summed E-state index contributed by atoms with van der Waals surface area (Å²) in [6, 6.07) is -1.41. The van der Waals surface area contributed by atoms with E-state index in [4.69, 9.17) is 15.0 Å². The molecule has 1 amide bonds. The molecule has 0 radical (unpaired) electrons. The van der Waals surface area contributed by atoms with Crippen LogP contribution in [-0.2, 0) is 11.2 Å². The highest BCUT2D eigenvalue weighted by Gasteiger charge is 2.34. The maximum Gasteiger partial charge on any atom is 0.221 e. The average Bonchev–Trinajstić information content (AvgIpc) is 2.98. The third kappa shape index (κ3) is 9.41. The van der Waals surface area contributed by atoms with Gasteiger partial charge < -0.3 is 19.9 Å². The van der Waals surface area contributed by atoms with Crippen molar-refractivity contribution >= 4 is 11.6 Å². The summed E-state index contributed by atoms with van der Waals surface area (Å²) in [6.45, 7) is 16.5. The second kappa shape index (κ2) is 15.2. The van der Waals surface area contributed by atoms with E-state index in [0.717, 1.165) is 53.5 Å². The van der Waals surface area contributed by atoms with E-state index < -0.39 is 29.8 Å². The van der Waals surface area contributed by atoms with Crippen molar-refractivity contribution in [2.24, 2.45) is 17.8 Å². The molecule has 1 heterocycles. The Balaban J connectivity index is 1.71. The molecule has 0 saturated heterocycles. The minimum Gasteiger partial charge on any atom is -0.504 e. The lowest BCUT2D eigenvalue weighted by Crippen LogP contribution is -2.37. The van der Waals surface area contributed by atoms with Gasteiger partial charge in [0.2, 0.25) is 5.91 Å². The molecule has 5 heteroatoms. The van der Waals surface area contributed by atoms with Gasteiger partial charge in [-0.1, -0.05) is 72.6 Å². The van der Waals surface area contributed by atoms with E-state index in [1.165, 1.54) is 51.9 Å². The quantitative estimate of drug-likeness (QED) is 0.205. The maximum absolute atomic E-state index is 11.7. The number of ether oxygens (including phenoxy) is 2. The number of nitrogens with one attached hydrogen (secondary N) is 1. The third-order valence-electron chi connectivity index (χ3n) is 8.95. The van der Waals surface area contributed by atoms with E-state index in [-0.39, 0.29) is 23.9 Å². The number of hydrogen-bond donors (Lipinski definition) is 2. The number of anilines is 1.